The average molecular weight is 463 g/mol. The van der Waals surface area contributed by atoms with E-state index >= 15 is 0 Å². The summed E-state index contributed by atoms with van der Waals surface area (Å²) >= 11 is 0. The molecule has 1 saturated heterocycles. The van der Waals surface area contributed by atoms with E-state index in [0.717, 1.165) is 48.5 Å². The lowest BCUT2D eigenvalue weighted by molar-refractivity contribution is 0.524. The van der Waals surface area contributed by atoms with E-state index in [-0.39, 0.29) is 0 Å². The number of anilines is 2. The molecule has 0 spiro atoms. The smallest absolute Gasteiger partial charge is 0.223 e. The van der Waals surface area contributed by atoms with Crippen molar-refractivity contribution >= 4 is 22.5 Å². The van der Waals surface area contributed by atoms with Crippen molar-refractivity contribution < 1.29 is 0 Å². The number of fused-ring (bicyclic) bond motifs is 2. The van der Waals surface area contributed by atoms with Crippen LogP contribution < -0.4 is 10.2 Å². The molecule has 4 heteroatoms. The number of benzene rings is 3. The molecule has 0 saturated carbocycles. The van der Waals surface area contributed by atoms with E-state index in [1.54, 1.807) is 0 Å². The average Bonchev–Trinajstić information content (AvgIpc) is 2.89. The number of aromatic nitrogens is 2. The van der Waals surface area contributed by atoms with Crippen LogP contribution in [0.3, 0.4) is 0 Å². The highest BCUT2D eigenvalue weighted by atomic mass is 15.2. The number of nitrogens with one attached hydrogen (secondary N) is 1. The Bertz CT molecular complexity index is 1350. The standard InChI is InChI=1S/C31H34N4/c1-21-10-13-26(14-11-21)35-18-16-25(17-19-35)33-31-32-22(2)29-20-24(12-15-30(29)34-31)28-9-5-7-23-6-3-4-8-27(23)28/h5,7,9-15,20,25H,3-4,6,8,16-19H2,1-2H3,(H,32,33,34). The number of hydrogen-bond acceptors (Lipinski definition) is 4. The van der Waals surface area contributed by atoms with Gasteiger partial charge in [0.2, 0.25) is 5.95 Å². The second-order valence-corrected chi connectivity index (χ2v) is 10.3. The fourth-order valence-corrected chi connectivity index (χ4v) is 5.79. The van der Waals surface area contributed by atoms with Gasteiger partial charge in [0.15, 0.2) is 0 Å². The third-order valence-corrected chi connectivity index (χ3v) is 7.82. The first kappa shape index (κ1) is 22.1. The minimum Gasteiger partial charge on any atom is -0.371 e. The van der Waals surface area contributed by atoms with E-state index in [1.165, 1.54) is 59.2 Å². The Morgan fingerprint density at radius 2 is 1.66 bits per heavy atom. The maximum atomic E-state index is 4.90. The van der Waals surface area contributed by atoms with Gasteiger partial charge in [-0.1, -0.05) is 42.0 Å². The summed E-state index contributed by atoms with van der Waals surface area (Å²) < 4.78 is 0. The van der Waals surface area contributed by atoms with Gasteiger partial charge in [-0.2, -0.15) is 0 Å². The van der Waals surface area contributed by atoms with E-state index in [1.807, 2.05) is 0 Å². The number of aryl methyl sites for hydroxylation is 3. The van der Waals surface area contributed by atoms with E-state index in [2.05, 4.69) is 84.7 Å². The summed E-state index contributed by atoms with van der Waals surface area (Å²) in [5, 5.41) is 4.78. The lowest BCUT2D eigenvalue weighted by Gasteiger charge is -2.34. The summed E-state index contributed by atoms with van der Waals surface area (Å²) in [5.41, 5.74) is 10.4. The predicted octanol–water partition coefficient (Wildman–Crippen LogP) is 6.87. The molecule has 1 aliphatic heterocycles. The summed E-state index contributed by atoms with van der Waals surface area (Å²) in [4.78, 5) is 12.3. The molecule has 0 radical (unpaired) electrons. The third kappa shape index (κ3) is 4.50. The minimum atomic E-state index is 0.406. The van der Waals surface area contributed by atoms with Gasteiger partial charge in [-0.25, -0.2) is 9.97 Å². The van der Waals surface area contributed by atoms with Crippen molar-refractivity contribution in [3.8, 4) is 11.1 Å². The van der Waals surface area contributed by atoms with Crippen molar-refractivity contribution in [3.05, 3.63) is 83.0 Å². The summed E-state index contributed by atoms with van der Waals surface area (Å²) in [7, 11) is 0. The third-order valence-electron chi connectivity index (χ3n) is 7.82. The van der Waals surface area contributed by atoms with Gasteiger partial charge < -0.3 is 10.2 Å². The van der Waals surface area contributed by atoms with Crippen molar-refractivity contribution in [2.75, 3.05) is 23.3 Å². The van der Waals surface area contributed by atoms with Crippen molar-refractivity contribution in [2.45, 2.75) is 58.4 Å². The van der Waals surface area contributed by atoms with E-state index in [4.69, 9.17) is 9.97 Å². The minimum absolute atomic E-state index is 0.406. The van der Waals surface area contributed by atoms with E-state index < -0.39 is 0 Å². The first-order valence-corrected chi connectivity index (χ1v) is 13.1. The zero-order chi connectivity index (χ0) is 23.8. The fraction of sp³-hybridized carbons (Fsp3) is 0.355. The first-order chi connectivity index (χ1) is 17.1. The number of hydrogen-bond donors (Lipinski definition) is 1. The molecule has 0 amide bonds. The molecule has 6 rings (SSSR count). The SMILES string of the molecule is Cc1ccc(N2CCC(Nc3nc(C)c4cc(-c5cccc6c5CCCC6)ccc4n3)CC2)cc1. The highest BCUT2D eigenvalue weighted by Gasteiger charge is 2.21. The lowest BCUT2D eigenvalue weighted by atomic mass is 9.86. The Labute approximate surface area is 208 Å². The quantitative estimate of drug-likeness (QED) is 0.359. The van der Waals surface area contributed by atoms with Crippen molar-refractivity contribution in [3.63, 3.8) is 0 Å². The van der Waals surface area contributed by atoms with Gasteiger partial charge >= 0.3 is 0 Å². The van der Waals surface area contributed by atoms with E-state index in [0.29, 0.717) is 6.04 Å². The molecule has 0 unspecified atom stereocenters. The molecule has 0 atom stereocenters. The van der Waals surface area contributed by atoms with E-state index in [9.17, 15) is 0 Å². The monoisotopic (exact) mass is 462 g/mol. The largest absolute Gasteiger partial charge is 0.371 e. The molecule has 1 fully saturated rings. The normalized spacial score (nSPS) is 16.3. The Morgan fingerprint density at radius 1 is 0.857 bits per heavy atom. The topological polar surface area (TPSA) is 41.0 Å². The van der Waals surface area contributed by atoms with Crippen LogP contribution in [0.1, 0.15) is 48.1 Å². The molecule has 1 N–H and O–H groups in total. The summed E-state index contributed by atoms with van der Waals surface area (Å²) in [5.74, 6) is 0.758. The highest BCUT2D eigenvalue weighted by molar-refractivity contribution is 5.87. The van der Waals surface area contributed by atoms with Gasteiger partial charge in [0, 0.05) is 30.2 Å². The molecule has 1 aliphatic carbocycles. The molecular formula is C31H34N4. The Balaban J connectivity index is 1.19. The fourth-order valence-electron chi connectivity index (χ4n) is 5.79. The maximum Gasteiger partial charge on any atom is 0.223 e. The summed E-state index contributed by atoms with van der Waals surface area (Å²) in [6, 6.07) is 22.8. The molecule has 4 nitrogen and oxygen atoms in total. The van der Waals surface area contributed by atoms with Crippen LogP contribution in [0, 0.1) is 13.8 Å². The number of piperidine rings is 1. The molecule has 3 aromatic carbocycles. The van der Waals surface area contributed by atoms with Crippen molar-refractivity contribution in [1.82, 2.24) is 9.97 Å². The van der Waals surface area contributed by atoms with Gasteiger partial charge in [-0.3, -0.25) is 0 Å². The van der Waals surface area contributed by atoms with Crippen molar-refractivity contribution in [1.29, 1.82) is 0 Å². The molecule has 1 aromatic heterocycles. The van der Waals surface area contributed by atoms with Gasteiger partial charge in [0.05, 0.1) is 11.2 Å². The second-order valence-electron chi connectivity index (χ2n) is 10.3. The Morgan fingerprint density at radius 3 is 2.49 bits per heavy atom. The zero-order valence-electron chi connectivity index (χ0n) is 20.8. The maximum absolute atomic E-state index is 4.90. The van der Waals surface area contributed by atoms with Gasteiger partial charge in [-0.05, 0) is 98.9 Å². The predicted molar refractivity (Wildman–Crippen MR) is 146 cm³/mol. The molecule has 4 aromatic rings. The van der Waals surface area contributed by atoms with Crippen molar-refractivity contribution in [2.24, 2.45) is 0 Å². The lowest BCUT2D eigenvalue weighted by Crippen LogP contribution is -2.39. The van der Waals surface area contributed by atoms with Crippen LogP contribution in [-0.2, 0) is 12.8 Å². The van der Waals surface area contributed by atoms with Crippen LogP contribution in [0.2, 0.25) is 0 Å². The Kier molecular flexibility index (Phi) is 5.89. The second kappa shape index (κ2) is 9.33. The molecule has 2 aliphatic rings. The summed E-state index contributed by atoms with van der Waals surface area (Å²) in [6.45, 7) is 6.36. The van der Waals surface area contributed by atoms with Crippen LogP contribution in [0.15, 0.2) is 60.7 Å². The highest BCUT2D eigenvalue weighted by Crippen LogP contribution is 2.33. The molecular weight excluding hydrogens is 428 g/mol. The van der Waals surface area contributed by atoms with Crippen LogP contribution >= 0.6 is 0 Å². The van der Waals surface area contributed by atoms with Crippen LogP contribution in [0.25, 0.3) is 22.0 Å². The Hall–Kier alpha value is -3.40. The number of rotatable bonds is 4. The van der Waals surface area contributed by atoms with Gasteiger partial charge in [0.25, 0.3) is 0 Å². The molecule has 0 bridgehead atoms. The van der Waals surface area contributed by atoms with Crippen LogP contribution in [-0.4, -0.2) is 29.1 Å². The molecule has 2 heterocycles. The van der Waals surface area contributed by atoms with Crippen LogP contribution in [0.4, 0.5) is 11.6 Å². The first-order valence-electron chi connectivity index (χ1n) is 13.1. The molecule has 178 valence electrons. The van der Waals surface area contributed by atoms with Gasteiger partial charge in [-0.15, -0.1) is 0 Å². The van der Waals surface area contributed by atoms with Crippen LogP contribution in [0.5, 0.6) is 0 Å². The zero-order valence-corrected chi connectivity index (χ0v) is 20.8. The molecule has 35 heavy (non-hydrogen) atoms. The number of nitrogens with zero attached hydrogens (tertiary/aromatic N) is 3. The summed E-state index contributed by atoms with van der Waals surface area (Å²) in [6.07, 6.45) is 7.17. The van der Waals surface area contributed by atoms with Gasteiger partial charge in [0.1, 0.15) is 0 Å².